The minimum absolute atomic E-state index is 0.433. The molecule has 0 spiro atoms. The van der Waals surface area contributed by atoms with Crippen molar-refractivity contribution in [2.45, 2.75) is 19.8 Å². The highest BCUT2D eigenvalue weighted by Crippen LogP contribution is 2.15. The second kappa shape index (κ2) is 6.12. The van der Waals surface area contributed by atoms with E-state index in [9.17, 15) is 4.79 Å². The van der Waals surface area contributed by atoms with Crippen molar-refractivity contribution in [1.29, 1.82) is 0 Å². The van der Waals surface area contributed by atoms with Crippen molar-refractivity contribution in [3.05, 3.63) is 29.8 Å². The monoisotopic (exact) mass is 221 g/mol. The second-order valence-electron chi connectivity index (χ2n) is 3.65. The van der Waals surface area contributed by atoms with E-state index in [1.165, 1.54) is 5.56 Å². The van der Waals surface area contributed by atoms with Gasteiger partial charge >= 0.3 is 6.03 Å². The molecule has 1 aromatic carbocycles. The van der Waals surface area contributed by atoms with E-state index in [-0.39, 0.29) is 0 Å². The van der Waals surface area contributed by atoms with E-state index in [1.807, 2.05) is 24.3 Å². The molecule has 16 heavy (non-hydrogen) atoms. The number of rotatable bonds is 5. The van der Waals surface area contributed by atoms with E-state index in [0.29, 0.717) is 13.1 Å². The van der Waals surface area contributed by atoms with Crippen LogP contribution in [-0.4, -0.2) is 19.1 Å². The molecule has 1 aromatic rings. The van der Waals surface area contributed by atoms with Gasteiger partial charge in [0.15, 0.2) is 0 Å². The molecule has 0 radical (unpaired) electrons. The van der Waals surface area contributed by atoms with Crippen molar-refractivity contribution >= 4 is 11.7 Å². The molecule has 0 aliphatic rings. The van der Waals surface area contributed by atoms with Gasteiger partial charge < -0.3 is 11.5 Å². The second-order valence-corrected chi connectivity index (χ2v) is 3.65. The zero-order valence-corrected chi connectivity index (χ0v) is 9.65. The first kappa shape index (κ1) is 12.5. The number of carbonyl (C=O) groups excluding carboxylic acids is 1. The van der Waals surface area contributed by atoms with Crippen molar-refractivity contribution in [2.75, 3.05) is 18.0 Å². The topological polar surface area (TPSA) is 72.3 Å². The first-order chi connectivity index (χ1) is 7.69. The molecule has 88 valence electrons. The normalized spacial score (nSPS) is 10.1. The van der Waals surface area contributed by atoms with Crippen molar-refractivity contribution in [1.82, 2.24) is 0 Å². The highest BCUT2D eigenvalue weighted by molar-refractivity contribution is 5.90. The lowest BCUT2D eigenvalue weighted by molar-refractivity contribution is 0.254. The summed E-state index contributed by atoms with van der Waals surface area (Å²) in [4.78, 5) is 12.8. The molecular formula is C12H19N3O. The Balaban J connectivity index is 2.79. The van der Waals surface area contributed by atoms with Crippen LogP contribution >= 0.6 is 0 Å². The summed E-state index contributed by atoms with van der Waals surface area (Å²) in [5.41, 5.74) is 12.8. The van der Waals surface area contributed by atoms with Crippen LogP contribution in [0.1, 0.15) is 18.9 Å². The number of carbonyl (C=O) groups is 1. The van der Waals surface area contributed by atoms with Gasteiger partial charge in [0.05, 0.1) is 0 Å². The molecule has 0 aliphatic carbocycles. The molecule has 0 saturated heterocycles. The minimum Gasteiger partial charge on any atom is -0.351 e. The number of aryl methyl sites for hydroxylation is 1. The number of primary amides is 1. The van der Waals surface area contributed by atoms with E-state index >= 15 is 0 Å². The Morgan fingerprint density at radius 2 is 1.94 bits per heavy atom. The van der Waals surface area contributed by atoms with Crippen LogP contribution in [0.25, 0.3) is 0 Å². The number of hydrogen-bond donors (Lipinski definition) is 2. The number of amides is 2. The van der Waals surface area contributed by atoms with Crippen LogP contribution in [0, 0.1) is 0 Å². The van der Waals surface area contributed by atoms with Crippen LogP contribution in [0.15, 0.2) is 24.3 Å². The van der Waals surface area contributed by atoms with Gasteiger partial charge in [-0.2, -0.15) is 0 Å². The summed E-state index contributed by atoms with van der Waals surface area (Å²) < 4.78 is 0. The zero-order valence-electron chi connectivity index (χ0n) is 9.65. The number of hydrogen-bond acceptors (Lipinski definition) is 2. The summed E-state index contributed by atoms with van der Waals surface area (Å²) in [6.45, 7) is 3.21. The smallest absolute Gasteiger partial charge is 0.319 e. The summed E-state index contributed by atoms with van der Waals surface area (Å²) in [5.74, 6) is 0. The minimum atomic E-state index is -0.433. The first-order valence-electron chi connectivity index (χ1n) is 5.55. The molecule has 0 saturated carbocycles. The van der Waals surface area contributed by atoms with Crippen LogP contribution in [0.2, 0.25) is 0 Å². The third-order valence-corrected chi connectivity index (χ3v) is 2.51. The Morgan fingerprint density at radius 3 is 2.38 bits per heavy atom. The van der Waals surface area contributed by atoms with Gasteiger partial charge in [0.1, 0.15) is 0 Å². The average molecular weight is 221 g/mol. The van der Waals surface area contributed by atoms with Crippen LogP contribution < -0.4 is 16.4 Å². The van der Waals surface area contributed by atoms with Gasteiger partial charge in [-0.05, 0) is 37.1 Å². The molecule has 4 nitrogen and oxygen atoms in total. The molecule has 2 amide bonds. The van der Waals surface area contributed by atoms with Gasteiger partial charge in [-0.15, -0.1) is 0 Å². The molecule has 0 atom stereocenters. The third-order valence-electron chi connectivity index (χ3n) is 2.51. The number of nitrogens with zero attached hydrogens (tertiary/aromatic N) is 1. The van der Waals surface area contributed by atoms with Gasteiger partial charge in [0.25, 0.3) is 0 Å². The maximum atomic E-state index is 11.3. The zero-order chi connectivity index (χ0) is 12.0. The van der Waals surface area contributed by atoms with Crippen molar-refractivity contribution in [2.24, 2.45) is 11.5 Å². The summed E-state index contributed by atoms with van der Waals surface area (Å²) in [5, 5.41) is 0. The van der Waals surface area contributed by atoms with Crippen LogP contribution in [0.5, 0.6) is 0 Å². The Kier molecular flexibility index (Phi) is 4.79. The fraction of sp³-hybridized carbons (Fsp3) is 0.417. The molecule has 4 heteroatoms. The lowest BCUT2D eigenvalue weighted by Gasteiger charge is -2.20. The number of urea groups is 1. The van der Waals surface area contributed by atoms with Crippen molar-refractivity contribution in [3.63, 3.8) is 0 Å². The fourth-order valence-corrected chi connectivity index (χ4v) is 1.53. The summed E-state index contributed by atoms with van der Waals surface area (Å²) >= 11 is 0. The Labute approximate surface area is 96.2 Å². The SMILES string of the molecule is CCc1ccc(N(CCCN)C(N)=O)cc1. The molecule has 0 heterocycles. The predicted octanol–water partition coefficient (Wildman–Crippen LogP) is 1.48. The number of nitrogens with two attached hydrogens (primary N) is 2. The highest BCUT2D eigenvalue weighted by Gasteiger charge is 2.10. The van der Waals surface area contributed by atoms with Gasteiger partial charge in [0.2, 0.25) is 0 Å². The van der Waals surface area contributed by atoms with Gasteiger partial charge in [0, 0.05) is 12.2 Å². The van der Waals surface area contributed by atoms with Crippen molar-refractivity contribution < 1.29 is 4.79 Å². The fourth-order valence-electron chi connectivity index (χ4n) is 1.53. The van der Waals surface area contributed by atoms with E-state index < -0.39 is 6.03 Å². The maximum absolute atomic E-state index is 11.3. The van der Waals surface area contributed by atoms with Gasteiger partial charge in [-0.3, -0.25) is 4.90 Å². The van der Waals surface area contributed by atoms with Crippen LogP contribution in [-0.2, 0) is 6.42 Å². The predicted molar refractivity (Wildman–Crippen MR) is 66.4 cm³/mol. The molecule has 4 N–H and O–H groups in total. The van der Waals surface area contributed by atoms with Crippen LogP contribution in [0.4, 0.5) is 10.5 Å². The molecule has 0 unspecified atom stereocenters. The molecule has 0 aromatic heterocycles. The first-order valence-corrected chi connectivity index (χ1v) is 5.55. The van der Waals surface area contributed by atoms with E-state index in [0.717, 1.165) is 18.5 Å². The van der Waals surface area contributed by atoms with Gasteiger partial charge in [-0.25, -0.2) is 4.79 Å². The lowest BCUT2D eigenvalue weighted by Crippen LogP contribution is -2.37. The quantitative estimate of drug-likeness (QED) is 0.790. The van der Waals surface area contributed by atoms with Gasteiger partial charge in [-0.1, -0.05) is 19.1 Å². The molecule has 0 bridgehead atoms. The van der Waals surface area contributed by atoms with E-state index in [4.69, 9.17) is 11.5 Å². The summed E-state index contributed by atoms with van der Waals surface area (Å²) in [6.07, 6.45) is 1.73. The molecule has 0 fully saturated rings. The standard InChI is InChI=1S/C12H19N3O/c1-2-10-4-6-11(7-5-10)15(12(14)16)9-3-8-13/h4-7H,2-3,8-9,13H2,1H3,(H2,14,16). The Bertz CT molecular complexity index is 335. The average Bonchev–Trinajstić information content (AvgIpc) is 2.30. The Morgan fingerprint density at radius 1 is 1.31 bits per heavy atom. The lowest BCUT2D eigenvalue weighted by atomic mass is 10.1. The van der Waals surface area contributed by atoms with E-state index in [1.54, 1.807) is 4.90 Å². The largest absolute Gasteiger partial charge is 0.351 e. The molecular weight excluding hydrogens is 202 g/mol. The molecule has 0 aliphatic heterocycles. The van der Waals surface area contributed by atoms with E-state index in [2.05, 4.69) is 6.92 Å². The number of benzene rings is 1. The summed E-state index contributed by atoms with van der Waals surface area (Å²) in [6, 6.07) is 7.42. The highest BCUT2D eigenvalue weighted by atomic mass is 16.2. The van der Waals surface area contributed by atoms with Crippen molar-refractivity contribution in [3.8, 4) is 0 Å². The molecule has 1 rings (SSSR count). The summed E-state index contributed by atoms with van der Waals surface area (Å²) in [7, 11) is 0. The number of anilines is 1. The Hall–Kier alpha value is -1.55. The third kappa shape index (κ3) is 3.24. The van der Waals surface area contributed by atoms with Crippen LogP contribution in [0.3, 0.4) is 0 Å². The maximum Gasteiger partial charge on any atom is 0.319 e.